The van der Waals surface area contributed by atoms with Gasteiger partial charge in [0.1, 0.15) is 6.04 Å². The Labute approximate surface area is 221 Å². The Bertz CT molecular complexity index is 1630. The summed E-state index contributed by atoms with van der Waals surface area (Å²) in [5.74, 6) is -0.338. The van der Waals surface area contributed by atoms with Crippen LogP contribution in [0, 0.1) is 5.92 Å². The van der Waals surface area contributed by atoms with Crippen molar-refractivity contribution < 1.29 is 9.59 Å². The number of H-pyrrole nitrogens is 1. The third kappa shape index (κ3) is 4.54. The van der Waals surface area contributed by atoms with E-state index in [9.17, 15) is 9.59 Å². The fourth-order valence-corrected chi connectivity index (χ4v) is 5.80. The first-order valence-electron chi connectivity index (χ1n) is 13.5. The molecule has 4 N–H and O–H groups in total. The summed E-state index contributed by atoms with van der Waals surface area (Å²) in [6, 6.07) is 21.7. The van der Waals surface area contributed by atoms with Crippen LogP contribution in [0.3, 0.4) is 0 Å². The molecule has 194 valence electrons. The molecule has 3 aromatic carbocycles. The van der Waals surface area contributed by atoms with Gasteiger partial charge in [-0.2, -0.15) is 0 Å². The number of benzene rings is 3. The van der Waals surface area contributed by atoms with E-state index in [-0.39, 0.29) is 17.7 Å². The summed E-state index contributed by atoms with van der Waals surface area (Å²) >= 11 is 0. The molecule has 1 fully saturated rings. The number of hydrogen-bond donors (Lipinski definition) is 4. The highest BCUT2D eigenvalue weighted by Gasteiger charge is 2.28. The monoisotopic (exact) mass is 507 g/mol. The molecule has 1 aliphatic rings. The van der Waals surface area contributed by atoms with E-state index in [0.717, 1.165) is 70.9 Å². The molecule has 0 bridgehead atoms. The maximum Gasteiger partial charge on any atom is 0.247 e. The van der Waals surface area contributed by atoms with Crippen LogP contribution in [0.2, 0.25) is 0 Å². The van der Waals surface area contributed by atoms with E-state index < -0.39 is 6.04 Å². The van der Waals surface area contributed by atoms with Crippen molar-refractivity contribution in [3.05, 3.63) is 78.5 Å². The second kappa shape index (κ2) is 10.3. The summed E-state index contributed by atoms with van der Waals surface area (Å²) in [6.07, 6.45) is 3.91. The van der Waals surface area contributed by atoms with Crippen molar-refractivity contribution in [2.45, 2.75) is 38.8 Å². The van der Waals surface area contributed by atoms with Crippen molar-refractivity contribution in [1.82, 2.24) is 20.2 Å². The molecule has 0 saturated carbocycles. The first-order chi connectivity index (χ1) is 18.6. The van der Waals surface area contributed by atoms with E-state index in [1.54, 1.807) is 0 Å². The van der Waals surface area contributed by atoms with Gasteiger partial charge in [0.15, 0.2) is 0 Å². The van der Waals surface area contributed by atoms with Crippen molar-refractivity contribution >= 4 is 50.2 Å². The number of aromatic amines is 1. The molecule has 7 nitrogen and oxygen atoms in total. The van der Waals surface area contributed by atoms with Gasteiger partial charge in [-0.1, -0.05) is 36.4 Å². The number of anilines is 1. The highest BCUT2D eigenvalue weighted by Crippen LogP contribution is 2.31. The SMILES string of the molecule is CCn1c2ccccc2c2cc(NC(=O)C(Cc3c[nH]c4ccccc34)NC(=O)C3CCNCC3)ccc21. The number of aromatic nitrogens is 2. The van der Waals surface area contributed by atoms with Crippen LogP contribution in [-0.4, -0.2) is 40.5 Å². The second-order valence-corrected chi connectivity index (χ2v) is 10.1. The van der Waals surface area contributed by atoms with Crippen LogP contribution in [0.1, 0.15) is 25.3 Å². The Morgan fingerprint density at radius 3 is 2.50 bits per heavy atom. The summed E-state index contributed by atoms with van der Waals surface area (Å²) < 4.78 is 2.29. The number of piperidine rings is 1. The van der Waals surface area contributed by atoms with Crippen molar-refractivity contribution in [3.8, 4) is 0 Å². The van der Waals surface area contributed by atoms with Crippen LogP contribution in [0.4, 0.5) is 5.69 Å². The van der Waals surface area contributed by atoms with Gasteiger partial charge in [0.25, 0.3) is 0 Å². The molecule has 6 rings (SSSR count). The number of amides is 2. The zero-order chi connectivity index (χ0) is 26.1. The van der Waals surface area contributed by atoms with Crippen LogP contribution >= 0.6 is 0 Å². The predicted octanol–water partition coefficient (Wildman–Crippen LogP) is 4.96. The first-order valence-corrected chi connectivity index (χ1v) is 13.5. The van der Waals surface area contributed by atoms with Crippen LogP contribution in [0.25, 0.3) is 32.7 Å². The molecule has 1 unspecified atom stereocenters. The van der Waals surface area contributed by atoms with Gasteiger partial charge < -0.3 is 25.5 Å². The molecule has 0 radical (unpaired) electrons. The van der Waals surface area contributed by atoms with Crippen molar-refractivity contribution in [3.63, 3.8) is 0 Å². The van der Waals surface area contributed by atoms with E-state index in [4.69, 9.17) is 0 Å². The number of carbonyl (C=O) groups is 2. The summed E-state index contributed by atoms with van der Waals surface area (Å²) in [4.78, 5) is 30.2. The minimum atomic E-state index is -0.690. The van der Waals surface area contributed by atoms with Gasteiger partial charge in [0.2, 0.25) is 11.8 Å². The van der Waals surface area contributed by atoms with Gasteiger partial charge in [-0.3, -0.25) is 9.59 Å². The van der Waals surface area contributed by atoms with Gasteiger partial charge in [-0.05, 0) is 68.8 Å². The van der Waals surface area contributed by atoms with Crippen LogP contribution in [-0.2, 0) is 22.6 Å². The first kappa shape index (κ1) is 24.2. The molecule has 2 amide bonds. The molecule has 2 aromatic heterocycles. The van der Waals surface area contributed by atoms with E-state index >= 15 is 0 Å². The minimum absolute atomic E-state index is 0.0482. The third-order valence-corrected chi connectivity index (χ3v) is 7.80. The summed E-state index contributed by atoms with van der Waals surface area (Å²) in [5, 5.41) is 12.8. The smallest absolute Gasteiger partial charge is 0.247 e. The topological polar surface area (TPSA) is 91.0 Å². The largest absolute Gasteiger partial charge is 0.361 e. The minimum Gasteiger partial charge on any atom is -0.361 e. The van der Waals surface area contributed by atoms with E-state index in [0.29, 0.717) is 6.42 Å². The van der Waals surface area contributed by atoms with Gasteiger partial charge in [0, 0.05) is 63.5 Å². The zero-order valence-electron chi connectivity index (χ0n) is 21.6. The number of hydrogen-bond acceptors (Lipinski definition) is 3. The predicted molar refractivity (Wildman–Crippen MR) is 153 cm³/mol. The van der Waals surface area contributed by atoms with E-state index in [1.165, 1.54) is 5.52 Å². The van der Waals surface area contributed by atoms with E-state index in [2.05, 4.69) is 56.7 Å². The van der Waals surface area contributed by atoms with Crippen LogP contribution in [0.5, 0.6) is 0 Å². The summed E-state index contributed by atoms with van der Waals surface area (Å²) in [7, 11) is 0. The lowest BCUT2D eigenvalue weighted by molar-refractivity contribution is -0.129. The molecule has 7 heteroatoms. The average Bonchev–Trinajstić information content (AvgIpc) is 3.51. The van der Waals surface area contributed by atoms with Crippen molar-refractivity contribution in [2.24, 2.45) is 5.92 Å². The average molecular weight is 508 g/mol. The number of fused-ring (bicyclic) bond motifs is 4. The fourth-order valence-electron chi connectivity index (χ4n) is 5.80. The highest BCUT2D eigenvalue weighted by molar-refractivity contribution is 6.10. The number of rotatable bonds is 7. The molecule has 1 saturated heterocycles. The van der Waals surface area contributed by atoms with Gasteiger partial charge in [-0.15, -0.1) is 0 Å². The lowest BCUT2D eigenvalue weighted by Gasteiger charge is -2.25. The normalized spacial score (nSPS) is 15.2. The molecule has 1 atom stereocenters. The number of para-hydroxylation sites is 2. The number of nitrogens with zero attached hydrogens (tertiary/aromatic N) is 1. The van der Waals surface area contributed by atoms with Crippen LogP contribution < -0.4 is 16.0 Å². The molecule has 3 heterocycles. The summed E-state index contributed by atoms with van der Waals surface area (Å²) in [5.41, 5.74) is 5.07. The Balaban J connectivity index is 1.29. The summed E-state index contributed by atoms with van der Waals surface area (Å²) in [6.45, 7) is 4.65. The Morgan fingerprint density at radius 2 is 1.68 bits per heavy atom. The van der Waals surface area contributed by atoms with Crippen molar-refractivity contribution in [2.75, 3.05) is 18.4 Å². The Kier molecular flexibility index (Phi) is 6.60. The Hall–Kier alpha value is -4.10. The van der Waals surface area contributed by atoms with Gasteiger partial charge in [0.05, 0.1) is 0 Å². The fraction of sp³-hybridized carbons (Fsp3) is 0.290. The Morgan fingerprint density at radius 1 is 0.947 bits per heavy atom. The molecular weight excluding hydrogens is 474 g/mol. The molecular formula is C31H33N5O2. The molecule has 5 aromatic rings. The number of carbonyl (C=O) groups excluding carboxylic acids is 2. The van der Waals surface area contributed by atoms with Gasteiger partial charge in [-0.25, -0.2) is 0 Å². The third-order valence-electron chi connectivity index (χ3n) is 7.80. The zero-order valence-corrected chi connectivity index (χ0v) is 21.6. The van der Waals surface area contributed by atoms with Gasteiger partial charge >= 0.3 is 0 Å². The second-order valence-electron chi connectivity index (χ2n) is 10.1. The molecule has 0 spiro atoms. The quantitative estimate of drug-likeness (QED) is 0.251. The standard InChI is InChI=1S/C31H33N5O2/c1-2-36-28-10-6-4-8-24(28)25-18-22(11-12-29(25)36)34-31(38)27(35-30(37)20-13-15-32-16-14-20)17-21-19-33-26-9-5-3-7-23(21)26/h3-12,18-20,27,32-33H,2,13-17H2,1H3,(H,34,38)(H,35,37). The molecule has 38 heavy (non-hydrogen) atoms. The van der Waals surface area contributed by atoms with Crippen molar-refractivity contribution in [1.29, 1.82) is 0 Å². The number of nitrogens with one attached hydrogen (secondary N) is 4. The lowest BCUT2D eigenvalue weighted by Crippen LogP contribution is -2.48. The number of aryl methyl sites for hydroxylation is 1. The maximum atomic E-state index is 13.7. The van der Waals surface area contributed by atoms with Crippen LogP contribution in [0.15, 0.2) is 72.9 Å². The maximum absolute atomic E-state index is 13.7. The molecule has 0 aliphatic carbocycles. The molecule has 1 aliphatic heterocycles. The lowest BCUT2D eigenvalue weighted by atomic mass is 9.96. The van der Waals surface area contributed by atoms with E-state index in [1.807, 2.05) is 48.7 Å². The highest BCUT2D eigenvalue weighted by atomic mass is 16.2.